The first-order valence-corrected chi connectivity index (χ1v) is 29.7. The second-order valence-electron chi connectivity index (χ2n) is 20.3. The summed E-state index contributed by atoms with van der Waals surface area (Å²) in [5.41, 5.74) is 26.6. The van der Waals surface area contributed by atoms with E-state index in [2.05, 4.69) is 311 Å². The van der Waals surface area contributed by atoms with Gasteiger partial charge in [0.1, 0.15) is 0 Å². The van der Waals surface area contributed by atoms with Crippen molar-refractivity contribution in [1.82, 2.24) is 0 Å². The van der Waals surface area contributed by atoms with Gasteiger partial charge in [0.25, 0.3) is 0 Å². The van der Waals surface area contributed by atoms with Crippen molar-refractivity contribution < 1.29 is 0 Å². The van der Waals surface area contributed by atoms with E-state index in [-0.39, 0.29) is 0 Å². The maximum atomic E-state index is 6.83. The fourth-order valence-corrected chi connectivity index (χ4v) is 12.6. The molecule has 0 aliphatic rings. The van der Waals surface area contributed by atoms with Crippen LogP contribution < -0.4 is 0 Å². The lowest BCUT2D eigenvalue weighted by Crippen LogP contribution is -2.03. The zero-order valence-electron chi connectivity index (χ0n) is 44.4. The Hall–Kier alpha value is -8.60. The van der Waals surface area contributed by atoms with Crippen molar-refractivity contribution in [3.63, 3.8) is 0 Å². The van der Waals surface area contributed by atoms with Crippen LogP contribution in [0.25, 0.3) is 134 Å². The van der Waals surface area contributed by atoms with Gasteiger partial charge in [-0.2, -0.15) is 0 Å². The van der Waals surface area contributed by atoms with Gasteiger partial charge in [0, 0.05) is 19.0 Å². The highest BCUT2D eigenvalue weighted by Crippen LogP contribution is 2.59. The van der Waals surface area contributed by atoms with Gasteiger partial charge in [-0.05, 0) is 182 Å². The third kappa shape index (κ3) is 10.3. The molecule has 0 N–H and O–H groups in total. The molecule has 0 spiro atoms. The standard InChI is InChI=1S/C78H50Br2Cl2/c79-63-43-35-59(36-44-63)75-71(55-27-15-5-16-28-55)67(51-19-7-1-8-20-51)69(53-23-11-3-12-24-53)73(77(75)61-39-47-65(81)48-40-61)57-31-33-58(34-32-57)74-70(54-25-13-4-14-26-54)68(52-21-9-2-10-22-52)72(56-29-17-6-18-30-56)76(60-37-45-64(80)46-38-60)78(74)62-41-49-66(82)50-42-62/h1-50H. The molecule has 0 aliphatic heterocycles. The Balaban J connectivity index is 1.22. The van der Waals surface area contributed by atoms with Gasteiger partial charge in [0.2, 0.25) is 0 Å². The van der Waals surface area contributed by atoms with E-state index >= 15 is 0 Å². The second kappa shape index (κ2) is 23.5. The van der Waals surface area contributed by atoms with Gasteiger partial charge in [0.05, 0.1) is 0 Å². The van der Waals surface area contributed by atoms with Crippen LogP contribution in [0.1, 0.15) is 0 Å². The van der Waals surface area contributed by atoms with E-state index in [1.165, 1.54) is 0 Å². The minimum atomic E-state index is 0.675. The van der Waals surface area contributed by atoms with Crippen LogP contribution in [0.5, 0.6) is 0 Å². The minimum Gasteiger partial charge on any atom is -0.0843 e. The fraction of sp³-hybridized carbons (Fsp3) is 0. The summed E-state index contributed by atoms with van der Waals surface area (Å²) in [4.78, 5) is 0. The lowest BCUT2D eigenvalue weighted by Gasteiger charge is -2.30. The van der Waals surface area contributed by atoms with E-state index in [4.69, 9.17) is 23.2 Å². The lowest BCUT2D eigenvalue weighted by molar-refractivity contribution is 1.50. The van der Waals surface area contributed by atoms with E-state index < -0.39 is 0 Å². The summed E-state index contributed by atoms with van der Waals surface area (Å²) in [6, 6.07) is 109. The molecule has 0 saturated carbocycles. The summed E-state index contributed by atoms with van der Waals surface area (Å²) in [6.07, 6.45) is 0. The van der Waals surface area contributed by atoms with Crippen molar-refractivity contribution in [2.24, 2.45) is 0 Å². The Bertz CT molecular complexity index is 4070. The maximum Gasteiger partial charge on any atom is 0.0406 e. The Morgan fingerprint density at radius 1 is 0.146 bits per heavy atom. The smallest absolute Gasteiger partial charge is 0.0406 e. The van der Waals surface area contributed by atoms with Gasteiger partial charge in [-0.15, -0.1) is 0 Å². The third-order valence-corrected chi connectivity index (χ3v) is 16.9. The Morgan fingerprint density at radius 2 is 0.268 bits per heavy atom. The molecule has 0 heterocycles. The van der Waals surface area contributed by atoms with Gasteiger partial charge in [-0.25, -0.2) is 0 Å². The van der Waals surface area contributed by atoms with E-state index in [9.17, 15) is 0 Å². The van der Waals surface area contributed by atoms with Crippen molar-refractivity contribution in [2.75, 3.05) is 0 Å². The predicted octanol–water partition coefficient (Wildman–Crippen LogP) is 24.5. The van der Waals surface area contributed by atoms with Crippen molar-refractivity contribution in [3.8, 4) is 134 Å². The zero-order valence-corrected chi connectivity index (χ0v) is 49.1. The molecule has 0 fully saturated rings. The average Bonchev–Trinajstić information content (AvgIpc) is 2.88. The number of hydrogen-bond donors (Lipinski definition) is 0. The Labute approximate surface area is 506 Å². The average molecular weight is 1220 g/mol. The summed E-state index contributed by atoms with van der Waals surface area (Å²) in [6.45, 7) is 0. The second-order valence-corrected chi connectivity index (χ2v) is 23.0. The van der Waals surface area contributed by atoms with Gasteiger partial charge in [-0.3, -0.25) is 0 Å². The fourth-order valence-electron chi connectivity index (χ4n) is 11.9. The molecular weight excluding hydrogens is 1170 g/mol. The van der Waals surface area contributed by atoms with Crippen LogP contribution in [0, 0.1) is 0 Å². The molecule has 0 amide bonds. The summed E-state index contributed by atoms with van der Waals surface area (Å²) in [7, 11) is 0. The van der Waals surface area contributed by atoms with Gasteiger partial charge >= 0.3 is 0 Å². The first kappa shape index (κ1) is 52.8. The summed E-state index contributed by atoms with van der Waals surface area (Å²) < 4.78 is 2.02. The van der Waals surface area contributed by atoms with Crippen LogP contribution in [-0.2, 0) is 0 Å². The maximum absolute atomic E-state index is 6.83. The van der Waals surface area contributed by atoms with Crippen LogP contribution in [0.4, 0.5) is 0 Å². The van der Waals surface area contributed by atoms with Crippen LogP contribution >= 0.6 is 55.1 Å². The molecule has 0 atom stereocenters. The van der Waals surface area contributed by atoms with Crippen LogP contribution in [-0.4, -0.2) is 0 Å². The van der Waals surface area contributed by atoms with E-state index in [1.807, 2.05) is 24.3 Å². The minimum absolute atomic E-state index is 0.675. The summed E-state index contributed by atoms with van der Waals surface area (Å²) in [5, 5.41) is 1.35. The quantitative estimate of drug-likeness (QED) is 0.114. The van der Waals surface area contributed by atoms with Crippen molar-refractivity contribution in [1.29, 1.82) is 0 Å². The highest BCUT2D eigenvalue weighted by atomic mass is 79.9. The zero-order chi connectivity index (χ0) is 55.5. The highest BCUT2D eigenvalue weighted by molar-refractivity contribution is 9.10. The van der Waals surface area contributed by atoms with Crippen molar-refractivity contribution >= 4 is 55.1 Å². The first-order chi connectivity index (χ1) is 40.4. The summed E-state index contributed by atoms with van der Waals surface area (Å²) in [5.74, 6) is 0. The molecule has 0 nitrogen and oxygen atoms in total. The topological polar surface area (TPSA) is 0 Å². The SMILES string of the molecule is Clc1ccc(-c2c(-c3ccc(Br)cc3)c(-c3ccccc3)c(-c3ccccc3)c(-c3ccccc3)c2-c2ccc(-c3c(-c4ccccc4)c(-c4ccccc4)c(-c4ccccc4)c(-c4ccc(Br)cc4)c3-c3ccc(Cl)cc3)cc2)cc1. The van der Waals surface area contributed by atoms with Crippen molar-refractivity contribution in [2.45, 2.75) is 0 Å². The molecular formula is C78H50Br2Cl2. The van der Waals surface area contributed by atoms with Crippen LogP contribution in [0.3, 0.4) is 0 Å². The number of benzene rings is 13. The molecule has 0 aliphatic carbocycles. The van der Waals surface area contributed by atoms with Gasteiger partial charge in [0.15, 0.2) is 0 Å². The van der Waals surface area contributed by atoms with Crippen LogP contribution in [0.15, 0.2) is 312 Å². The molecule has 0 unspecified atom stereocenters. The number of halogens is 4. The lowest BCUT2D eigenvalue weighted by atomic mass is 9.73. The van der Waals surface area contributed by atoms with Gasteiger partial charge in [-0.1, -0.05) is 310 Å². The van der Waals surface area contributed by atoms with Crippen LogP contribution in [0.2, 0.25) is 10.0 Å². The Kier molecular flexibility index (Phi) is 15.1. The molecule has 13 rings (SSSR count). The van der Waals surface area contributed by atoms with Crippen molar-refractivity contribution in [3.05, 3.63) is 322 Å². The normalized spacial score (nSPS) is 11.2. The Morgan fingerprint density at radius 3 is 0.427 bits per heavy atom. The first-order valence-electron chi connectivity index (χ1n) is 27.3. The monoisotopic (exact) mass is 1210 g/mol. The molecule has 13 aromatic rings. The molecule has 13 aromatic carbocycles. The molecule has 0 radical (unpaired) electrons. The summed E-state index contributed by atoms with van der Waals surface area (Å²) >= 11 is 21.2. The molecule has 390 valence electrons. The van der Waals surface area contributed by atoms with E-state index in [1.54, 1.807) is 0 Å². The predicted molar refractivity (Wildman–Crippen MR) is 357 cm³/mol. The molecule has 0 aromatic heterocycles. The molecule has 4 heteroatoms. The highest BCUT2D eigenvalue weighted by Gasteiger charge is 2.32. The van der Waals surface area contributed by atoms with E-state index in [0.717, 1.165) is 142 Å². The van der Waals surface area contributed by atoms with Gasteiger partial charge < -0.3 is 0 Å². The molecule has 82 heavy (non-hydrogen) atoms. The largest absolute Gasteiger partial charge is 0.0843 e. The number of hydrogen-bond acceptors (Lipinski definition) is 0. The number of rotatable bonds is 12. The molecule has 0 bridgehead atoms. The van der Waals surface area contributed by atoms with E-state index in [0.29, 0.717) is 10.0 Å². The molecule has 0 saturated heterocycles. The third-order valence-electron chi connectivity index (χ3n) is 15.4.